The van der Waals surface area contributed by atoms with Gasteiger partial charge < -0.3 is 28.4 Å². The highest BCUT2D eigenvalue weighted by molar-refractivity contribution is 5.90. The summed E-state index contributed by atoms with van der Waals surface area (Å²) < 4.78 is 32.2. The van der Waals surface area contributed by atoms with E-state index in [4.69, 9.17) is 28.4 Å². The van der Waals surface area contributed by atoms with Crippen molar-refractivity contribution in [1.82, 2.24) is 0 Å². The van der Waals surface area contributed by atoms with E-state index in [0.717, 1.165) is 125 Å². The summed E-state index contributed by atoms with van der Waals surface area (Å²) in [6, 6.07) is 29.8. The Kier molecular flexibility index (Phi) is 23.0. The number of hydrogen-bond donors (Lipinski definition) is 0. The van der Waals surface area contributed by atoms with Crippen LogP contribution in [0.4, 0.5) is 0 Å². The van der Waals surface area contributed by atoms with Crippen LogP contribution in [0.5, 0.6) is 17.2 Å². The quantitative estimate of drug-likeness (QED) is 0.112. The van der Waals surface area contributed by atoms with Crippen molar-refractivity contribution in [3.8, 4) is 17.2 Å². The molecule has 0 heterocycles. The second-order valence-electron chi connectivity index (χ2n) is 20.3. The molecule has 0 spiro atoms. The number of aryl methyl sites for hydroxylation is 3. The van der Waals surface area contributed by atoms with Crippen LogP contribution < -0.4 is 14.2 Å². The molecule has 0 saturated heterocycles. The molecule has 10 nitrogen and oxygen atoms in total. The average Bonchev–Trinajstić information content (AvgIpc) is 3.37. The Bertz CT molecular complexity index is 2150. The fourth-order valence-electron chi connectivity index (χ4n) is 9.19. The number of benzene rings is 4. The van der Waals surface area contributed by atoms with Gasteiger partial charge in [-0.1, -0.05) is 73.9 Å². The van der Waals surface area contributed by atoms with Gasteiger partial charge in [0.05, 0.1) is 36.2 Å². The average molecular weight is 961 g/mol. The zero-order valence-corrected chi connectivity index (χ0v) is 43.3. The summed E-state index contributed by atoms with van der Waals surface area (Å²) in [5.41, 5.74) is 4.78. The summed E-state index contributed by atoms with van der Waals surface area (Å²) in [5.74, 6) is 3.96. The lowest BCUT2D eigenvalue weighted by Gasteiger charge is -2.27. The van der Waals surface area contributed by atoms with E-state index >= 15 is 0 Å². The maximum Gasteiger partial charge on any atom is 0.338 e. The molecule has 0 amide bonds. The van der Waals surface area contributed by atoms with Gasteiger partial charge in [0.1, 0.15) is 29.5 Å². The first-order chi connectivity index (χ1) is 33.7. The Morgan fingerprint density at radius 2 is 0.657 bits per heavy atom. The maximum atomic E-state index is 12.0. The van der Waals surface area contributed by atoms with Gasteiger partial charge in [-0.2, -0.15) is 0 Å². The monoisotopic (exact) mass is 961 g/mol. The first kappa shape index (κ1) is 55.4. The molecular weight excluding hydrogens is 881 g/mol. The highest BCUT2D eigenvalue weighted by atomic mass is 16.6. The van der Waals surface area contributed by atoms with E-state index in [2.05, 4.69) is 20.8 Å². The second-order valence-corrected chi connectivity index (χ2v) is 20.3. The summed E-state index contributed by atoms with van der Waals surface area (Å²) in [6.45, 7) is 12.8. The van der Waals surface area contributed by atoms with Crippen molar-refractivity contribution in [2.24, 2.45) is 29.6 Å². The lowest BCUT2D eigenvalue weighted by atomic mass is 9.83. The van der Waals surface area contributed by atoms with Gasteiger partial charge in [-0.05, 0) is 202 Å². The first-order valence-electron chi connectivity index (χ1n) is 25.9. The zero-order valence-electron chi connectivity index (χ0n) is 43.3. The molecule has 10 heteroatoms. The van der Waals surface area contributed by atoms with Gasteiger partial charge in [-0.15, -0.1) is 0 Å². The highest BCUT2D eigenvalue weighted by Gasteiger charge is 2.28. The van der Waals surface area contributed by atoms with E-state index in [1.54, 1.807) is 38.5 Å². The molecule has 8 rings (SSSR count). The minimum Gasteiger partial charge on any atom is -0.497 e. The molecule has 4 aliphatic carbocycles. The fraction of sp³-hybridized carbons (Fsp3) is 0.533. The lowest BCUT2D eigenvalue weighted by molar-refractivity contribution is -0.141. The molecule has 0 radical (unpaired) electrons. The Hall–Kier alpha value is -5.48. The summed E-state index contributed by atoms with van der Waals surface area (Å²) in [6.07, 6.45) is 17.0. The van der Waals surface area contributed by atoms with Crippen LogP contribution in [0.25, 0.3) is 0 Å². The number of rotatable bonds is 10. The summed E-state index contributed by atoms with van der Waals surface area (Å²) >= 11 is 0. The van der Waals surface area contributed by atoms with Crippen LogP contribution >= 0.6 is 0 Å². The fourth-order valence-corrected chi connectivity index (χ4v) is 9.19. The second kappa shape index (κ2) is 29.0. The summed E-state index contributed by atoms with van der Waals surface area (Å²) in [5, 5.41) is 0. The van der Waals surface area contributed by atoms with Gasteiger partial charge in [0.2, 0.25) is 0 Å². The normalized spacial score (nSPS) is 23.9. The van der Waals surface area contributed by atoms with Crippen LogP contribution in [0.3, 0.4) is 0 Å². The highest BCUT2D eigenvalue weighted by Crippen LogP contribution is 2.32. The molecule has 0 bridgehead atoms. The van der Waals surface area contributed by atoms with Gasteiger partial charge >= 0.3 is 23.9 Å². The molecule has 0 aromatic heterocycles. The number of esters is 4. The number of hydrogen-bond acceptors (Lipinski definition) is 10. The van der Waals surface area contributed by atoms with Gasteiger partial charge in [0.25, 0.3) is 0 Å². The van der Waals surface area contributed by atoms with E-state index in [9.17, 15) is 19.2 Å². The summed E-state index contributed by atoms with van der Waals surface area (Å²) in [7, 11) is 3.35. The third-order valence-electron chi connectivity index (χ3n) is 14.3. The SMILES string of the molecule is COC1CCC(OC(=O)c2ccc(C)cc2)CC1.COc1ccc(OC(=O)C2CCC(C)CC2)cc1.Cc1ccc(C(=O)OC2CCC(C)CC2)cc1.Cc1ccc(OC(=O)C2CCC(C)CC2)cc1. The van der Waals surface area contributed by atoms with Crippen LogP contribution in [0.2, 0.25) is 0 Å². The topological polar surface area (TPSA) is 124 Å². The molecule has 4 aromatic rings. The largest absolute Gasteiger partial charge is 0.497 e. The van der Waals surface area contributed by atoms with Crippen molar-refractivity contribution in [2.45, 2.75) is 163 Å². The summed E-state index contributed by atoms with van der Waals surface area (Å²) in [4.78, 5) is 47.7. The molecular formula is C60H80O10. The third kappa shape index (κ3) is 19.4. The third-order valence-corrected chi connectivity index (χ3v) is 14.3. The van der Waals surface area contributed by atoms with Gasteiger partial charge in [-0.3, -0.25) is 9.59 Å². The molecule has 4 fully saturated rings. The van der Waals surface area contributed by atoms with E-state index in [0.29, 0.717) is 28.7 Å². The van der Waals surface area contributed by atoms with Crippen LogP contribution in [0, 0.1) is 50.4 Å². The van der Waals surface area contributed by atoms with Crippen molar-refractivity contribution in [3.63, 3.8) is 0 Å². The Balaban J connectivity index is 0.000000174. The van der Waals surface area contributed by atoms with Crippen LogP contribution in [0.1, 0.15) is 161 Å². The predicted molar refractivity (Wildman–Crippen MR) is 275 cm³/mol. The number of methoxy groups -OCH3 is 2. The number of carbonyl (C=O) groups excluding carboxylic acids is 4. The van der Waals surface area contributed by atoms with Crippen molar-refractivity contribution < 1.29 is 47.6 Å². The predicted octanol–water partition coefficient (Wildman–Crippen LogP) is 14.0. The van der Waals surface area contributed by atoms with E-state index in [-0.39, 0.29) is 47.9 Å². The molecule has 70 heavy (non-hydrogen) atoms. The molecule has 4 aromatic carbocycles. The molecule has 4 saturated carbocycles. The van der Waals surface area contributed by atoms with Crippen molar-refractivity contribution in [3.05, 3.63) is 125 Å². The smallest absolute Gasteiger partial charge is 0.338 e. The van der Waals surface area contributed by atoms with E-state index in [1.165, 1.54) is 18.4 Å². The molecule has 0 atom stereocenters. The maximum absolute atomic E-state index is 12.0. The van der Waals surface area contributed by atoms with Crippen molar-refractivity contribution in [1.29, 1.82) is 0 Å². The van der Waals surface area contributed by atoms with Gasteiger partial charge in [0.15, 0.2) is 0 Å². The van der Waals surface area contributed by atoms with E-state index in [1.807, 2.05) is 93.6 Å². The van der Waals surface area contributed by atoms with Crippen LogP contribution in [-0.2, 0) is 23.8 Å². The van der Waals surface area contributed by atoms with Gasteiger partial charge in [-0.25, -0.2) is 9.59 Å². The Labute approximate surface area is 418 Å². The van der Waals surface area contributed by atoms with Crippen LogP contribution in [-0.4, -0.2) is 56.4 Å². The van der Waals surface area contributed by atoms with Gasteiger partial charge in [0, 0.05) is 7.11 Å². The number of ether oxygens (including phenoxy) is 6. The minimum atomic E-state index is -0.212. The molecule has 0 aliphatic heterocycles. The Morgan fingerprint density at radius 3 is 1.00 bits per heavy atom. The lowest BCUT2D eigenvalue weighted by Crippen LogP contribution is -2.27. The Morgan fingerprint density at radius 1 is 0.371 bits per heavy atom. The molecule has 4 aliphatic rings. The first-order valence-corrected chi connectivity index (χ1v) is 25.9. The van der Waals surface area contributed by atoms with Crippen molar-refractivity contribution >= 4 is 23.9 Å². The number of carbonyl (C=O) groups is 4. The zero-order chi connectivity index (χ0) is 50.4. The molecule has 380 valence electrons. The van der Waals surface area contributed by atoms with Crippen LogP contribution in [0.15, 0.2) is 97.1 Å². The van der Waals surface area contributed by atoms with E-state index < -0.39 is 0 Å². The molecule has 0 N–H and O–H groups in total. The molecule has 0 unspecified atom stereocenters. The van der Waals surface area contributed by atoms with Crippen molar-refractivity contribution in [2.75, 3.05) is 14.2 Å². The minimum absolute atomic E-state index is 0.0465. The standard InChI is InChI=1S/2C15H20O3.2C15H20O2/c2*1-11-3-5-12(6-4-11)15(16)18-14-9-7-13(17-2)8-10-14;2*1-11-3-7-13(8-4-11)15(16)17-14-9-5-12(2)6-10-14/h7-12H,3-6H2,1-2H3;3-6,13-14H,7-10H2,1-2H3;5-6,9-11,13H,3-4,7-8H2,1-2H3;3-4,7-8,12,14H,5-6,9-10H2,1-2H3.